The van der Waals surface area contributed by atoms with Gasteiger partial charge < -0.3 is 5.32 Å². The first-order valence-electron chi connectivity index (χ1n) is 6.74. The molecule has 5 nitrogen and oxygen atoms in total. The molecular weight excluding hydrogens is 252 g/mol. The van der Waals surface area contributed by atoms with Gasteiger partial charge in [-0.3, -0.25) is 14.5 Å². The van der Waals surface area contributed by atoms with E-state index in [1.165, 1.54) is 0 Å². The largest absolute Gasteiger partial charge is 0.352 e. The minimum atomic E-state index is 0.0757. The third-order valence-electron chi connectivity index (χ3n) is 2.92. The van der Waals surface area contributed by atoms with Gasteiger partial charge in [0.1, 0.15) is 0 Å². The fourth-order valence-corrected chi connectivity index (χ4v) is 1.96. The Hall–Kier alpha value is -2.17. The molecule has 2 aromatic heterocycles. The molecule has 0 radical (unpaired) electrons. The molecule has 0 fully saturated rings. The number of pyridine rings is 1. The average molecular weight is 272 g/mol. The number of hydrogen-bond acceptors (Lipinski definition) is 3. The maximum atomic E-state index is 11.6. The Kier molecular flexibility index (Phi) is 4.50. The molecule has 0 saturated heterocycles. The number of nitrogens with zero attached hydrogens (tertiary/aromatic N) is 3. The third kappa shape index (κ3) is 3.91. The van der Waals surface area contributed by atoms with Gasteiger partial charge in [-0.1, -0.05) is 13.8 Å². The predicted octanol–water partition coefficient (Wildman–Crippen LogP) is 2.14. The molecule has 0 atom stereocenters. The summed E-state index contributed by atoms with van der Waals surface area (Å²) in [6.07, 6.45) is 7.87. The molecule has 106 valence electrons. The van der Waals surface area contributed by atoms with Crippen LogP contribution in [0.25, 0.3) is 11.1 Å². The van der Waals surface area contributed by atoms with Crippen molar-refractivity contribution in [2.45, 2.75) is 26.8 Å². The van der Waals surface area contributed by atoms with Crippen molar-refractivity contribution in [1.29, 1.82) is 0 Å². The highest BCUT2D eigenvalue weighted by molar-refractivity contribution is 5.76. The average Bonchev–Trinajstić information content (AvgIpc) is 2.83. The molecule has 2 aromatic rings. The van der Waals surface area contributed by atoms with Crippen LogP contribution in [0.1, 0.15) is 25.8 Å². The maximum absolute atomic E-state index is 11.6. The van der Waals surface area contributed by atoms with E-state index in [1.807, 2.05) is 33.2 Å². The molecule has 20 heavy (non-hydrogen) atoms. The summed E-state index contributed by atoms with van der Waals surface area (Å²) in [5.41, 5.74) is 3.02. The van der Waals surface area contributed by atoms with Gasteiger partial charge in [-0.25, -0.2) is 0 Å². The van der Waals surface area contributed by atoms with E-state index >= 15 is 0 Å². The van der Waals surface area contributed by atoms with Crippen molar-refractivity contribution in [3.8, 4) is 11.1 Å². The van der Waals surface area contributed by atoms with Crippen LogP contribution >= 0.6 is 0 Å². The zero-order valence-electron chi connectivity index (χ0n) is 12.1. The van der Waals surface area contributed by atoms with Crippen LogP contribution in [0, 0.1) is 5.92 Å². The van der Waals surface area contributed by atoms with Crippen LogP contribution in [0.4, 0.5) is 0 Å². The Balaban J connectivity index is 2.01. The monoisotopic (exact) mass is 272 g/mol. The lowest BCUT2D eigenvalue weighted by Gasteiger charge is -2.07. The van der Waals surface area contributed by atoms with Crippen LogP contribution in [0.15, 0.2) is 30.9 Å². The molecule has 0 spiro atoms. The van der Waals surface area contributed by atoms with Crippen LogP contribution in [0.3, 0.4) is 0 Å². The summed E-state index contributed by atoms with van der Waals surface area (Å²) in [6.45, 7) is 4.57. The van der Waals surface area contributed by atoms with Gasteiger partial charge in [0, 0.05) is 49.7 Å². The van der Waals surface area contributed by atoms with Crippen molar-refractivity contribution in [3.63, 3.8) is 0 Å². The summed E-state index contributed by atoms with van der Waals surface area (Å²) in [4.78, 5) is 15.9. The Labute approximate surface area is 119 Å². The van der Waals surface area contributed by atoms with E-state index in [1.54, 1.807) is 23.3 Å². The highest BCUT2D eigenvalue weighted by Gasteiger charge is 2.06. The van der Waals surface area contributed by atoms with E-state index in [-0.39, 0.29) is 5.91 Å². The molecule has 0 aromatic carbocycles. The predicted molar refractivity (Wildman–Crippen MR) is 77.7 cm³/mol. The second-order valence-electron chi connectivity index (χ2n) is 5.36. The van der Waals surface area contributed by atoms with Gasteiger partial charge in [0.15, 0.2) is 0 Å². The van der Waals surface area contributed by atoms with Gasteiger partial charge in [0.2, 0.25) is 5.91 Å². The van der Waals surface area contributed by atoms with Crippen molar-refractivity contribution in [3.05, 3.63) is 36.4 Å². The highest BCUT2D eigenvalue weighted by atomic mass is 16.1. The van der Waals surface area contributed by atoms with Crippen LogP contribution < -0.4 is 5.32 Å². The summed E-state index contributed by atoms with van der Waals surface area (Å²) >= 11 is 0. The van der Waals surface area contributed by atoms with Gasteiger partial charge in [-0.2, -0.15) is 5.10 Å². The fraction of sp³-hybridized carbons (Fsp3) is 0.400. The van der Waals surface area contributed by atoms with Crippen LogP contribution in [0.5, 0.6) is 0 Å². The number of aromatic nitrogens is 3. The molecule has 1 amide bonds. The van der Waals surface area contributed by atoms with Crippen LogP contribution in [-0.2, 0) is 18.4 Å². The molecule has 0 saturated carbocycles. The molecule has 2 heterocycles. The Bertz CT molecular complexity index is 589. The SMILES string of the molecule is CC(C)CC(=O)NCc1cncc(-c2cnn(C)c2)c1. The first kappa shape index (κ1) is 14.2. The number of aryl methyl sites for hydroxylation is 1. The normalized spacial score (nSPS) is 10.8. The Morgan fingerprint density at radius 1 is 1.30 bits per heavy atom. The van der Waals surface area contributed by atoms with E-state index in [2.05, 4.69) is 15.4 Å². The zero-order valence-corrected chi connectivity index (χ0v) is 12.1. The van der Waals surface area contributed by atoms with E-state index < -0.39 is 0 Å². The van der Waals surface area contributed by atoms with Crippen molar-refractivity contribution in [2.75, 3.05) is 0 Å². The number of nitrogens with one attached hydrogen (secondary N) is 1. The summed E-state index contributed by atoms with van der Waals surface area (Å²) in [5.74, 6) is 0.446. The molecule has 0 aliphatic rings. The quantitative estimate of drug-likeness (QED) is 0.907. The summed E-state index contributed by atoms with van der Waals surface area (Å²) < 4.78 is 1.76. The smallest absolute Gasteiger partial charge is 0.220 e. The molecule has 0 unspecified atom stereocenters. The molecule has 1 N–H and O–H groups in total. The van der Waals surface area contributed by atoms with Crippen molar-refractivity contribution < 1.29 is 4.79 Å². The molecule has 0 bridgehead atoms. The number of amides is 1. The van der Waals surface area contributed by atoms with E-state index in [4.69, 9.17) is 0 Å². The van der Waals surface area contributed by atoms with Gasteiger partial charge in [0.25, 0.3) is 0 Å². The van der Waals surface area contributed by atoms with Crippen LogP contribution in [0.2, 0.25) is 0 Å². The number of carbonyl (C=O) groups is 1. The highest BCUT2D eigenvalue weighted by Crippen LogP contribution is 2.18. The first-order valence-corrected chi connectivity index (χ1v) is 6.74. The van der Waals surface area contributed by atoms with Crippen LogP contribution in [-0.4, -0.2) is 20.7 Å². The lowest BCUT2D eigenvalue weighted by molar-refractivity contribution is -0.121. The standard InChI is InChI=1S/C15H20N4O/c1-11(2)4-15(20)17-7-12-5-13(8-16-6-12)14-9-18-19(3)10-14/h5-6,8-11H,4,7H2,1-3H3,(H,17,20). The zero-order chi connectivity index (χ0) is 14.5. The molecular formula is C15H20N4O. The lowest BCUT2D eigenvalue weighted by Crippen LogP contribution is -2.23. The van der Waals surface area contributed by atoms with Gasteiger partial charge in [0.05, 0.1) is 6.20 Å². The topological polar surface area (TPSA) is 59.8 Å². The molecule has 0 aliphatic carbocycles. The minimum absolute atomic E-state index is 0.0757. The van der Waals surface area contributed by atoms with Crippen molar-refractivity contribution in [1.82, 2.24) is 20.1 Å². The molecule has 5 heteroatoms. The second kappa shape index (κ2) is 6.32. The van der Waals surface area contributed by atoms with Gasteiger partial charge in [-0.15, -0.1) is 0 Å². The third-order valence-corrected chi connectivity index (χ3v) is 2.92. The van der Waals surface area contributed by atoms with E-state index in [9.17, 15) is 4.79 Å². The fourth-order valence-electron chi connectivity index (χ4n) is 1.96. The molecule has 0 aliphatic heterocycles. The first-order chi connectivity index (χ1) is 9.54. The minimum Gasteiger partial charge on any atom is -0.352 e. The Morgan fingerprint density at radius 2 is 2.10 bits per heavy atom. The van der Waals surface area contributed by atoms with Gasteiger partial charge >= 0.3 is 0 Å². The second-order valence-corrected chi connectivity index (χ2v) is 5.36. The summed E-state index contributed by atoms with van der Waals surface area (Å²) in [7, 11) is 1.88. The molecule has 2 rings (SSSR count). The number of rotatable bonds is 5. The van der Waals surface area contributed by atoms with E-state index in [0.717, 1.165) is 16.7 Å². The number of hydrogen-bond donors (Lipinski definition) is 1. The summed E-state index contributed by atoms with van der Waals surface area (Å²) in [6, 6.07) is 2.03. The Morgan fingerprint density at radius 3 is 2.75 bits per heavy atom. The van der Waals surface area contributed by atoms with Crippen molar-refractivity contribution in [2.24, 2.45) is 13.0 Å². The summed E-state index contributed by atoms with van der Waals surface area (Å²) in [5, 5.41) is 7.06. The van der Waals surface area contributed by atoms with Crippen molar-refractivity contribution >= 4 is 5.91 Å². The van der Waals surface area contributed by atoms with E-state index in [0.29, 0.717) is 18.9 Å². The number of carbonyl (C=O) groups excluding carboxylic acids is 1. The maximum Gasteiger partial charge on any atom is 0.220 e. The van der Waals surface area contributed by atoms with Gasteiger partial charge in [-0.05, 0) is 17.5 Å². The lowest BCUT2D eigenvalue weighted by atomic mass is 10.1.